The molecule has 2 unspecified atom stereocenters. The Hall–Kier alpha value is -2.74. The minimum atomic E-state index is -0.132. The van der Waals surface area contributed by atoms with Crippen molar-refractivity contribution in [2.24, 2.45) is 0 Å². The van der Waals surface area contributed by atoms with Gasteiger partial charge in [-0.3, -0.25) is 14.5 Å². The van der Waals surface area contributed by atoms with Gasteiger partial charge in [0, 0.05) is 17.9 Å². The summed E-state index contributed by atoms with van der Waals surface area (Å²) in [7, 11) is 0. The van der Waals surface area contributed by atoms with E-state index in [0.717, 1.165) is 109 Å². The van der Waals surface area contributed by atoms with Gasteiger partial charge in [-0.25, -0.2) is 0 Å². The Labute approximate surface area is 286 Å². The summed E-state index contributed by atoms with van der Waals surface area (Å²) in [6.07, 6.45) is 12.6. The van der Waals surface area contributed by atoms with Crippen molar-refractivity contribution in [1.29, 1.82) is 0 Å². The zero-order valence-corrected chi connectivity index (χ0v) is 30.6. The quantitative estimate of drug-likeness (QED) is 0.105. The van der Waals surface area contributed by atoms with Crippen molar-refractivity contribution in [3.63, 3.8) is 0 Å². The van der Waals surface area contributed by atoms with Crippen LogP contribution < -0.4 is 10.6 Å². The average Bonchev–Trinajstić information content (AvgIpc) is 3.04. The number of piperidine rings is 1. The highest BCUT2D eigenvalue weighted by Gasteiger charge is 2.31. The minimum absolute atomic E-state index is 0.0895. The lowest BCUT2D eigenvalue weighted by Gasteiger charge is -2.39. The average molecular weight is 650 g/mol. The largest absolute Gasteiger partial charge is 0.374 e. The zero-order chi connectivity index (χ0) is 34.1. The second-order valence-corrected chi connectivity index (χ2v) is 14.0. The van der Waals surface area contributed by atoms with E-state index in [-0.39, 0.29) is 17.9 Å². The SMILES string of the molecule is CCCCCCC[N+](CCCCC)(CCOCCN1CCCCC1C(=O)Nc1c(C)cccc1C)CC(=O)Nc1c(C)cccc1C. The van der Waals surface area contributed by atoms with E-state index in [1.165, 1.54) is 32.1 Å². The van der Waals surface area contributed by atoms with Crippen molar-refractivity contribution in [3.05, 3.63) is 58.7 Å². The lowest BCUT2D eigenvalue weighted by atomic mass is 10.0. The first kappa shape index (κ1) is 38.7. The number of aryl methyl sites for hydroxylation is 4. The number of para-hydroxylation sites is 2. The number of carbonyl (C=O) groups excluding carboxylic acids is 2. The van der Waals surface area contributed by atoms with Crippen LogP contribution in [0.2, 0.25) is 0 Å². The van der Waals surface area contributed by atoms with Crippen molar-refractivity contribution in [1.82, 2.24) is 4.90 Å². The molecule has 1 saturated heterocycles. The molecule has 2 aromatic rings. The molecule has 0 radical (unpaired) electrons. The van der Waals surface area contributed by atoms with E-state index in [0.29, 0.717) is 19.8 Å². The number of nitrogens with zero attached hydrogens (tertiary/aromatic N) is 2. The standard InChI is InChI=1S/C40H64N4O3/c1-7-9-11-12-16-27-44(26-15-10-8-2,31-37(45)41-38-32(3)19-17-20-33(38)4)28-30-47-29-25-43-24-14-13-23-36(43)40(46)42-39-34(5)21-18-22-35(39)6/h17-22,36H,7-16,23-31H2,1-6H3,(H-,41,42,45,46)/p+1. The summed E-state index contributed by atoms with van der Waals surface area (Å²) in [5.74, 6) is 0.185. The summed E-state index contributed by atoms with van der Waals surface area (Å²) in [4.78, 5) is 29.4. The minimum Gasteiger partial charge on any atom is -0.374 e. The first-order valence-electron chi connectivity index (χ1n) is 18.6. The molecule has 1 fully saturated rings. The summed E-state index contributed by atoms with van der Waals surface area (Å²) in [6, 6.07) is 12.2. The van der Waals surface area contributed by atoms with E-state index in [9.17, 15) is 9.59 Å². The van der Waals surface area contributed by atoms with E-state index in [4.69, 9.17) is 4.74 Å². The Morgan fingerprint density at radius 3 is 1.91 bits per heavy atom. The molecule has 7 nitrogen and oxygen atoms in total. The Kier molecular flexibility index (Phi) is 17.0. The summed E-state index contributed by atoms with van der Waals surface area (Å²) >= 11 is 0. The van der Waals surface area contributed by atoms with E-state index < -0.39 is 0 Å². The highest BCUT2D eigenvalue weighted by molar-refractivity contribution is 5.96. The number of hydrogen-bond acceptors (Lipinski definition) is 4. The molecule has 7 heteroatoms. The van der Waals surface area contributed by atoms with E-state index in [1.807, 2.05) is 12.1 Å². The summed E-state index contributed by atoms with van der Waals surface area (Å²) in [6.45, 7) is 18.9. The molecule has 0 saturated carbocycles. The highest BCUT2D eigenvalue weighted by Crippen LogP contribution is 2.24. The number of carbonyl (C=O) groups is 2. The zero-order valence-electron chi connectivity index (χ0n) is 30.6. The van der Waals surface area contributed by atoms with Crippen LogP contribution in [0.4, 0.5) is 11.4 Å². The number of likely N-dealkylation sites (tertiary alicyclic amines) is 1. The third kappa shape index (κ3) is 12.7. The maximum atomic E-state index is 13.7. The van der Waals surface area contributed by atoms with Crippen LogP contribution in [0.1, 0.15) is 107 Å². The maximum Gasteiger partial charge on any atom is 0.279 e. The van der Waals surface area contributed by atoms with Gasteiger partial charge in [-0.05, 0) is 95.0 Å². The van der Waals surface area contributed by atoms with Crippen LogP contribution in [-0.2, 0) is 14.3 Å². The first-order valence-corrected chi connectivity index (χ1v) is 18.6. The van der Waals surface area contributed by atoms with Gasteiger partial charge in [0.2, 0.25) is 5.91 Å². The van der Waals surface area contributed by atoms with Crippen LogP contribution in [0.5, 0.6) is 0 Å². The molecular formula is C40H65N4O3+. The van der Waals surface area contributed by atoms with Gasteiger partial charge in [-0.2, -0.15) is 0 Å². The van der Waals surface area contributed by atoms with Gasteiger partial charge in [-0.1, -0.05) is 82.3 Å². The van der Waals surface area contributed by atoms with Crippen LogP contribution in [0.25, 0.3) is 0 Å². The predicted molar refractivity (Wildman–Crippen MR) is 197 cm³/mol. The number of amides is 2. The molecule has 1 aliphatic heterocycles. The van der Waals surface area contributed by atoms with Gasteiger partial charge in [0.15, 0.2) is 6.54 Å². The van der Waals surface area contributed by atoms with Crippen molar-refractivity contribution < 1.29 is 18.8 Å². The molecule has 3 rings (SSSR count). The lowest BCUT2D eigenvalue weighted by molar-refractivity contribution is -0.921. The number of quaternary nitrogens is 1. The molecule has 2 aromatic carbocycles. The number of unbranched alkanes of at least 4 members (excludes halogenated alkanes) is 6. The third-order valence-corrected chi connectivity index (χ3v) is 10.1. The fourth-order valence-electron chi connectivity index (χ4n) is 7.13. The fourth-order valence-corrected chi connectivity index (χ4v) is 7.13. The summed E-state index contributed by atoms with van der Waals surface area (Å²) in [5.41, 5.74) is 6.28. The Bertz CT molecular complexity index is 1210. The molecule has 1 heterocycles. The number of anilines is 2. The van der Waals surface area contributed by atoms with Gasteiger partial charge in [0.1, 0.15) is 6.54 Å². The van der Waals surface area contributed by atoms with Crippen molar-refractivity contribution in [2.45, 2.75) is 118 Å². The second-order valence-electron chi connectivity index (χ2n) is 14.0. The molecule has 0 aromatic heterocycles. The van der Waals surface area contributed by atoms with Crippen molar-refractivity contribution >= 4 is 23.2 Å². The molecule has 0 spiro atoms. The van der Waals surface area contributed by atoms with E-state index >= 15 is 0 Å². The van der Waals surface area contributed by atoms with Crippen LogP contribution in [0.15, 0.2) is 36.4 Å². The monoisotopic (exact) mass is 650 g/mol. The molecule has 2 amide bonds. The topological polar surface area (TPSA) is 70.7 Å². The molecule has 0 bridgehead atoms. The number of hydrogen-bond donors (Lipinski definition) is 2. The number of nitrogens with one attached hydrogen (secondary N) is 2. The second kappa shape index (κ2) is 20.6. The maximum absolute atomic E-state index is 13.7. The Balaban J connectivity index is 1.63. The van der Waals surface area contributed by atoms with Crippen LogP contribution >= 0.6 is 0 Å². The highest BCUT2D eigenvalue weighted by atomic mass is 16.5. The Morgan fingerprint density at radius 2 is 1.30 bits per heavy atom. The number of ether oxygens (including phenoxy) is 1. The lowest BCUT2D eigenvalue weighted by Crippen LogP contribution is -2.55. The van der Waals surface area contributed by atoms with Crippen LogP contribution in [0.3, 0.4) is 0 Å². The number of rotatable bonds is 21. The van der Waals surface area contributed by atoms with Gasteiger partial charge < -0.3 is 19.9 Å². The molecule has 262 valence electrons. The summed E-state index contributed by atoms with van der Waals surface area (Å²) < 4.78 is 7.12. The summed E-state index contributed by atoms with van der Waals surface area (Å²) in [5, 5.41) is 6.52. The van der Waals surface area contributed by atoms with Crippen molar-refractivity contribution in [3.8, 4) is 0 Å². The molecule has 0 aliphatic carbocycles. The van der Waals surface area contributed by atoms with Crippen molar-refractivity contribution in [2.75, 3.05) is 63.1 Å². The van der Waals surface area contributed by atoms with Gasteiger partial charge in [0.25, 0.3) is 5.91 Å². The molecule has 1 aliphatic rings. The number of benzene rings is 2. The third-order valence-electron chi connectivity index (χ3n) is 10.1. The van der Waals surface area contributed by atoms with E-state index in [1.54, 1.807) is 0 Å². The Morgan fingerprint density at radius 1 is 0.745 bits per heavy atom. The predicted octanol–water partition coefficient (Wildman–Crippen LogP) is 8.35. The smallest absolute Gasteiger partial charge is 0.279 e. The van der Waals surface area contributed by atoms with Gasteiger partial charge in [-0.15, -0.1) is 0 Å². The van der Waals surface area contributed by atoms with Crippen LogP contribution in [-0.4, -0.2) is 79.7 Å². The molecule has 2 atom stereocenters. The normalized spacial score (nSPS) is 16.5. The van der Waals surface area contributed by atoms with Crippen LogP contribution in [0, 0.1) is 27.7 Å². The van der Waals surface area contributed by atoms with E-state index in [2.05, 4.69) is 81.3 Å². The molecular weight excluding hydrogens is 584 g/mol. The van der Waals surface area contributed by atoms with Gasteiger partial charge in [0.05, 0.1) is 32.3 Å². The molecule has 2 N–H and O–H groups in total. The van der Waals surface area contributed by atoms with Gasteiger partial charge >= 0.3 is 0 Å². The fraction of sp³-hybridized carbons (Fsp3) is 0.650. The first-order chi connectivity index (χ1) is 22.7. The molecule has 47 heavy (non-hydrogen) atoms.